The van der Waals surface area contributed by atoms with Crippen molar-refractivity contribution in [1.29, 1.82) is 0 Å². The molecule has 1 heterocycles. The van der Waals surface area contributed by atoms with E-state index in [-0.39, 0.29) is 5.91 Å². The summed E-state index contributed by atoms with van der Waals surface area (Å²) in [6.07, 6.45) is 10.4. The summed E-state index contributed by atoms with van der Waals surface area (Å²) in [6.45, 7) is 3.97. The highest BCUT2D eigenvalue weighted by molar-refractivity contribution is 6.03. The van der Waals surface area contributed by atoms with Crippen molar-refractivity contribution < 1.29 is 9.21 Å². The van der Waals surface area contributed by atoms with Crippen LogP contribution >= 0.6 is 0 Å². The molecular formula is C16H22N2O2. The minimum Gasteiger partial charge on any atom is -0.469 e. The van der Waals surface area contributed by atoms with Crippen LogP contribution in [0.5, 0.6) is 0 Å². The number of hydrogen-bond acceptors (Lipinski definition) is 3. The first kappa shape index (κ1) is 14.6. The molecule has 0 unspecified atom stereocenters. The molecule has 0 aromatic carbocycles. The molecule has 108 valence electrons. The number of nitrogens with zero attached hydrogens (tertiary/aromatic N) is 1. The van der Waals surface area contributed by atoms with Crippen molar-refractivity contribution in [1.82, 2.24) is 5.43 Å². The molecule has 0 spiro atoms. The zero-order valence-electron chi connectivity index (χ0n) is 12.2. The molecule has 1 N–H and O–H groups in total. The van der Waals surface area contributed by atoms with E-state index in [0.29, 0.717) is 11.3 Å². The van der Waals surface area contributed by atoms with Gasteiger partial charge in [0.25, 0.3) is 5.91 Å². The van der Waals surface area contributed by atoms with Gasteiger partial charge in [-0.05, 0) is 44.2 Å². The molecule has 0 bridgehead atoms. The van der Waals surface area contributed by atoms with E-state index in [1.807, 2.05) is 0 Å². The molecule has 1 aliphatic rings. The van der Waals surface area contributed by atoms with Crippen LogP contribution in [0, 0.1) is 6.92 Å². The third-order valence-corrected chi connectivity index (χ3v) is 3.59. The summed E-state index contributed by atoms with van der Waals surface area (Å²) in [5, 5.41) is 4.29. The first-order valence-corrected chi connectivity index (χ1v) is 7.32. The molecule has 1 aromatic rings. The van der Waals surface area contributed by atoms with Crippen molar-refractivity contribution >= 4 is 11.6 Å². The lowest BCUT2D eigenvalue weighted by Gasteiger charge is -2.05. The number of carbonyl (C=O) groups is 1. The lowest BCUT2D eigenvalue weighted by Crippen LogP contribution is -2.20. The molecule has 4 nitrogen and oxygen atoms in total. The standard InChI is InChI=1S/C16H22N2O2/c1-3-4-5-7-13-8-6-9-15(13)17-18-16(19)14-10-11-20-12(14)2/h8,10-11H,3-7,9H2,1-2H3,(H,18,19)/b17-15-. The van der Waals surface area contributed by atoms with Gasteiger partial charge in [-0.25, -0.2) is 5.43 Å². The number of hydrazone groups is 1. The molecule has 0 aliphatic heterocycles. The summed E-state index contributed by atoms with van der Waals surface area (Å²) in [7, 11) is 0. The smallest absolute Gasteiger partial charge is 0.274 e. The Morgan fingerprint density at radius 2 is 2.30 bits per heavy atom. The first-order valence-electron chi connectivity index (χ1n) is 7.32. The fraction of sp³-hybridized carbons (Fsp3) is 0.500. The van der Waals surface area contributed by atoms with Crippen LogP contribution in [-0.4, -0.2) is 11.6 Å². The van der Waals surface area contributed by atoms with Crippen LogP contribution < -0.4 is 5.43 Å². The number of nitrogens with one attached hydrogen (secondary N) is 1. The Morgan fingerprint density at radius 1 is 1.45 bits per heavy atom. The van der Waals surface area contributed by atoms with Gasteiger partial charge < -0.3 is 4.42 Å². The Labute approximate surface area is 119 Å². The van der Waals surface area contributed by atoms with Gasteiger partial charge in [-0.3, -0.25) is 4.79 Å². The van der Waals surface area contributed by atoms with Crippen LogP contribution in [0.25, 0.3) is 0 Å². The lowest BCUT2D eigenvalue weighted by molar-refractivity contribution is 0.0953. The second-order valence-corrected chi connectivity index (χ2v) is 5.12. The minimum absolute atomic E-state index is 0.205. The average molecular weight is 274 g/mol. The molecule has 0 radical (unpaired) electrons. The third-order valence-electron chi connectivity index (χ3n) is 3.59. The Bertz CT molecular complexity index is 526. The number of amides is 1. The number of aryl methyl sites for hydroxylation is 1. The largest absolute Gasteiger partial charge is 0.469 e. The van der Waals surface area contributed by atoms with Crippen LogP contribution in [0.1, 0.15) is 61.6 Å². The first-order chi connectivity index (χ1) is 9.72. The summed E-state index contributed by atoms with van der Waals surface area (Å²) in [6, 6.07) is 1.66. The predicted octanol–water partition coefficient (Wildman–Crippen LogP) is 3.97. The topological polar surface area (TPSA) is 54.6 Å². The maximum absolute atomic E-state index is 12.0. The highest BCUT2D eigenvalue weighted by Gasteiger charge is 2.15. The second kappa shape index (κ2) is 7.08. The normalized spacial score (nSPS) is 16.5. The van der Waals surface area contributed by atoms with E-state index in [0.717, 1.165) is 25.0 Å². The zero-order chi connectivity index (χ0) is 14.4. The summed E-state index contributed by atoms with van der Waals surface area (Å²) in [5.41, 5.74) is 5.50. The van der Waals surface area contributed by atoms with Crippen molar-refractivity contribution in [2.75, 3.05) is 0 Å². The Kier molecular flexibility index (Phi) is 5.16. The number of rotatable bonds is 6. The van der Waals surface area contributed by atoms with Gasteiger partial charge in [0.05, 0.1) is 17.5 Å². The molecule has 0 fully saturated rings. The summed E-state index contributed by atoms with van der Waals surface area (Å²) >= 11 is 0. The second-order valence-electron chi connectivity index (χ2n) is 5.12. The molecule has 1 aromatic heterocycles. The molecule has 0 saturated carbocycles. The molecule has 2 rings (SSSR count). The molecule has 20 heavy (non-hydrogen) atoms. The highest BCUT2D eigenvalue weighted by atomic mass is 16.3. The van der Waals surface area contributed by atoms with Crippen molar-refractivity contribution in [2.45, 2.75) is 52.4 Å². The van der Waals surface area contributed by atoms with Crippen LogP contribution in [-0.2, 0) is 0 Å². The molecule has 1 aliphatic carbocycles. The molecule has 4 heteroatoms. The zero-order valence-corrected chi connectivity index (χ0v) is 12.2. The Hall–Kier alpha value is -1.84. The van der Waals surface area contributed by atoms with Crippen LogP contribution in [0.2, 0.25) is 0 Å². The Morgan fingerprint density at radius 3 is 3.00 bits per heavy atom. The van der Waals surface area contributed by atoms with Gasteiger partial charge >= 0.3 is 0 Å². The summed E-state index contributed by atoms with van der Waals surface area (Å²) in [4.78, 5) is 12.0. The van der Waals surface area contributed by atoms with E-state index in [1.54, 1.807) is 13.0 Å². The van der Waals surface area contributed by atoms with Gasteiger partial charge in [-0.2, -0.15) is 5.10 Å². The summed E-state index contributed by atoms with van der Waals surface area (Å²) < 4.78 is 5.12. The van der Waals surface area contributed by atoms with E-state index in [2.05, 4.69) is 23.5 Å². The SMILES string of the molecule is CCCCCC1=CCC/C1=N/NC(=O)c1ccoc1C. The number of furan rings is 1. The number of hydrogen-bond donors (Lipinski definition) is 1. The van der Waals surface area contributed by atoms with Crippen LogP contribution in [0.3, 0.4) is 0 Å². The Balaban J connectivity index is 1.92. The van der Waals surface area contributed by atoms with Gasteiger partial charge in [-0.1, -0.05) is 25.8 Å². The van der Waals surface area contributed by atoms with E-state index >= 15 is 0 Å². The fourth-order valence-electron chi connectivity index (χ4n) is 2.40. The van der Waals surface area contributed by atoms with Gasteiger partial charge in [0, 0.05) is 0 Å². The van der Waals surface area contributed by atoms with Gasteiger partial charge in [0.1, 0.15) is 5.76 Å². The van der Waals surface area contributed by atoms with Gasteiger partial charge in [0.2, 0.25) is 0 Å². The van der Waals surface area contributed by atoms with Crippen molar-refractivity contribution in [3.63, 3.8) is 0 Å². The van der Waals surface area contributed by atoms with Gasteiger partial charge in [-0.15, -0.1) is 0 Å². The van der Waals surface area contributed by atoms with Crippen molar-refractivity contribution in [3.8, 4) is 0 Å². The third kappa shape index (κ3) is 3.59. The minimum atomic E-state index is -0.205. The number of allylic oxidation sites excluding steroid dienone is 2. The average Bonchev–Trinajstić information content (AvgIpc) is 3.05. The van der Waals surface area contributed by atoms with Crippen LogP contribution in [0.4, 0.5) is 0 Å². The fourth-order valence-corrected chi connectivity index (χ4v) is 2.40. The van der Waals surface area contributed by atoms with E-state index in [4.69, 9.17) is 4.42 Å². The number of carbonyl (C=O) groups excluding carboxylic acids is 1. The van der Waals surface area contributed by atoms with E-state index in [9.17, 15) is 4.79 Å². The van der Waals surface area contributed by atoms with Crippen molar-refractivity contribution in [3.05, 3.63) is 35.3 Å². The summed E-state index contributed by atoms with van der Waals surface area (Å²) in [5.74, 6) is 0.413. The highest BCUT2D eigenvalue weighted by Crippen LogP contribution is 2.21. The van der Waals surface area contributed by atoms with Gasteiger partial charge in [0.15, 0.2) is 0 Å². The molecule has 0 atom stereocenters. The molecular weight excluding hydrogens is 252 g/mol. The van der Waals surface area contributed by atoms with E-state index < -0.39 is 0 Å². The molecule has 1 amide bonds. The van der Waals surface area contributed by atoms with Crippen molar-refractivity contribution in [2.24, 2.45) is 5.10 Å². The monoisotopic (exact) mass is 274 g/mol. The molecule has 0 saturated heterocycles. The maximum Gasteiger partial charge on any atom is 0.274 e. The predicted molar refractivity (Wildman–Crippen MR) is 79.8 cm³/mol. The number of unbranched alkanes of at least 4 members (excludes halogenated alkanes) is 2. The maximum atomic E-state index is 12.0. The van der Waals surface area contributed by atoms with E-state index in [1.165, 1.54) is 31.1 Å². The lowest BCUT2D eigenvalue weighted by atomic mass is 10.1. The quantitative estimate of drug-likeness (QED) is 0.630. The van der Waals surface area contributed by atoms with Crippen LogP contribution in [0.15, 0.2) is 33.5 Å².